The lowest BCUT2D eigenvalue weighted by atomic mass is 10.1. The van der Waals surface area contributed by atoms with Gasteiger partial charge in [0.05, 0.1) is 11.9 Å². The predicted molar refractivity (Wildman–Crippen MR) is 106 cm³/mol. The number of carbonyl (C=O) groups excluding carboxylic acids is 1. The van der Waals surface area contributed by atoms with Crippen molar-refractivity contribution in [3.05, 3.63) is 63.6 Å². The third-order valence-corrected chi connectivity index (χ3v) is 5.46. The molecule has 140 valence electrons. The molecule has 2 aromatic carbocycles. The van der Waals surface area contributed by atoms with E-state index in [1.165, 1.54) is 25.1 Å². The number of hydrogen-bond acceptors (Lipinski definition) is 3. The van der Waals surface area contributed by atoms with Gasteiger partial charge in [0.25, 0.3) is 0 Å². The zero-order valence-corrected chi connectivity index (χ0v) is 17.0. The zero-order chi connectivity index (χ0) is 19.5. The van der Waals surface area contributed by atoms with Crippen molar-refractivity contribution in [2.24, 2.45) is 0 Å². The van der Waals surface area contributed by atoms with Crippen LogP contribution in [0.15, 0.2) is 42.5 Å². The first-order chi connectivity index (χ1) is 12.1. The standard InChI is InChI=1S/C18H20Cl2N2O3S/c1-12-4-6-14(7-5-12)11-21-18(23)13(2)22(26(3,24)25)17-9-15(19)8-16(20)10-17/h4-10,13H,11H2,1-3H3,(H,21,23)/t13-/m0/s1. The zero-order valence-electron chi connectivity index (χ0n) is 14.7. The first-order valence-corrected chi connectivity index (χ1v) is 10.5. The number of benzene rings is 2. The second-order valence-electron chi connectivity index (χ2n) is 6.07. The van der Waals surface area contributed by atoms with E-state index in [1.54, 1.807) is 0 Å². The molecule has 0 saturated carbocycles. The highest BCUT2D eigenvalue weighted by atomic mass is 35.5. The first kappa shape index (κ1) is 20.6. The van der Waals surface area contributed by atoms with Crippen LogP contribution in [0.3, 0.4) is 0 Å². The molecule has 0 aromatic heterocycles. The van der Waals surface area contributed by atoms with Gasteiger partial charge in [-0.2, -0.15) is 0 Å². The van der Waals surface area contributed by atoms with E-state index in [1.807, 2.05) is 31.2 Å². The Hall–Kier alpha value is -1.76. The Morgan fingerprint density at radius 1 is 1.12 bits per heavy atom. The average Bonchev–Trinajstić information content (AvgIpc) is 2.51. The topological polar surface area (TPSA) is 66.5 Å². The van der Waals surface area contributed by atoms with Gasteiger partial charge in [-0.05, 0) is 37.6 Å². The molecule has 1 amide bonds. The molecule has 0 radical (unpaired) electrons. The minimum Gasteiger partial charge on any atom is -0.350 e. The molecule has 5 nitrogen and oxygen atoms in total. The van der Waals surface area contributed by atoms with E-state index in [0.717, 1.165) is 21.7 Å². The van der Waals surface area contributed by atoms with Gasteiger partial charge in [-0.25, -0.2) is 8.42 Å². The van der Waals surface area contributed by atoms with E-state index >= 15 is 0 Å². The number of rotatable bonds is 6. The second-order valence-corrected chi connectivity index (χ2v) is 8.80. The lowest BCUT2D eigenvalue weighted by Gasteiger charge is -2.28. The molecule has 0 heterocycles. The van der Waals surface area contributed by atoms with Gasteiger partial charge >= 0.3 is 0 Å². The molecule has 0 aliphatic carbocycles. The number of halogens is 2. The van der Waals surface area contributed by atoms with Crippen LogP contribution in [0.1, 0.15) is 18.1 Å². The van der Waals surface area contributed by atoms with Crippen LogP contribution in [0.25, 0.3) is 0 Å². The highest BCUT2D eigenvalue weighted by Crippen LogP contribution is 2.28. The number of carbonyl (C=O) groups is 1. The van der Waals surface area contributed by atoms with E-state index in [0.29, 0.717) is 6.54 Å². The molecule has 8 heteroatoms. The van der Waals surface area contributed by atoms with E-state index in [9.17, 15) is 13.2 Å². The minimum atomic E-state index is -3.73. The molecule has 0 aliphatic rings. The van der Waals surface area contributed by atoms with Gasteiger partial charge in [0.15, 0.2) is 0 Å². The largest absolute Gasteiger partial charge is 0.350 e. The van der Waals surface area contributed by atoms with Crippen molar-refractivity contribution in [3.8, 4) is 0 Å². The Morgan fingerprint density at radius 3 is 2.15 bits per heavy atom. The molecule has 1 atom stereocenters. The number of nitrogens with one attached hydrogen (secondary N) is 1. The van der Waals surface area contributed by atoms with Crippen LogP contribution < -0.4 is 9.62 Å². The molecule has 2 aromatic rings. The number of hydrogen-bond donors (Lipinski definition) is 1. The number of anilines is 1. The maximum absolute atomic E-state index is 12.5. The summed E-state index contributed by atoms with van der Waals surface area (Å²) in [7, 11) is -3.73. The second kappa shape index (κ2) is 8.29. The lowest BCUT2D eigenvalue weighted by Crippen LogP contribution is -2.47. The number of aryl methyl sites for hydroxylation is 1. The Labute approximate surface area is 164 Å². The van der Waals surface area contributed by atoms with Gasteiger partial charge in [-0.15, -0.1) is 0 Å². The molecule has 0 aliphatic heterocycles. The van der Waals surface area contributed by atoms with E-state index in [2.05, 4.69) is 5.32 Å². The van der Waals surface area contributed by atoms with Crippen LogP contribution in [-0.2, 0) is 21.4 Å². The molecule has 0 saturated heterocycles. The summed E-state index contributed by atoms with van der Waals surface area (Å²) in [6.07, 6.45) is 1.03. The van der Waals surface area contributed by atoms with Gasteiger partial charge in [0.2, 0.25) is 15.9 Å². The number of amides is 1. The normalized spacial score (nSPS) is 12.5. The minimum absolute atomic E-state index is 0.239. The van der Waals surface area contributed by atoms with Crippen molar-refractivity contribution in [2.75, 3.05) is 10.6 Å². The maximum atomic E-state index is 12.5. The summed E-state index contributed by atoms with van der Waals surface area (Å²) in [6.45, 7) is 3.79. The summed E-state index contributed by atoms with van der Waals surface area (Å²) >= 11 is 12.0. The molecule has 0 fully saturated rings. The highest BCUT2D eigenvalue weighted by Gasteiger charge is 2.29. The van der Waals surface area contributed by atoms with Crippen molar-refractivity contribution in [1.29, 1.82) is 0 Å². The predicted octanol–water partition coefficient (Wildman–Crippen LogP) is 3.77. The molecule has 0 bridgehead atoms. The Kier molecular flexibility index (Phi) is 6.55. The molecule has 26 heavy (non-hydrogen) atoms. The van der Waals surface area contributed by atoms with Gasteiger partial charge < -0.3 is 5.32 Å². The van der Waals surface area contributed by atoms with Crippen LogP contribution in [0.5, 0.6) is 0 Å². The fraction of sp³-hybridized carbons (Fsp3) is 0.278. The fourth-order valence-electron chi connectivity index (χ4n) is 2.52. The SMILES string of the molecule is Cc1ccc(CNC(=O)[C@H](C)N(c2cc(Cl)cc(Cl)c2)S(C)(=O)=O)cc1. The lowest BCUT2D eigenvalue weighted by molar-refractivity contribution is -0.122. The Bertz CT molecular complexity index is 879. The first-order valence-electron chi connectivity index (χ1n) is 7.86. The number of nitrogens with zero attached hydrogens (tertiary/aromatic N) is 1. The van der Waals surface area contributed by atoms with Crippen LogP contribution in [0.2, 0.25) is 10.0 Å². The summed E-state index contributed by atoms with van der Waals surface area (Å²) in [6, 6.07) is 11.1. The monoisotopic (exact) mass is 414 g/mol. The van der Waals surface area contributed by atoms with Gasteiger partial charge in [-0.3, -0.25) is 9.10 Å². The third-order valence-electron chi connectivity index (χ3n) is 3.78. The maximum Gasteiger partial charge on any atom is 0.243 e. The Balaban J connectivity index is 2.22. The summed E-state index contributed by atoms with van der Waals surface area (Å²) in [5, 5.41) is 3.33. The summed E-state index contributed by atoms with van der Waals surface area (Å²) in [5.41, 5.74) is 2.28. The molecular formula is C18H20Cl2N2O3S. The van der Waals surface area contributed by atoms with Gasteiger partial charge in [-0.1, -0.05) is 53.0 Å². The van der Waals surface area contributed by atoms with Crippen molar-refractivity contribution in [2.45, 2.75) is 26.4 Å². The van der Waals surface area contributed by atoms with Crippen LogP contribution >= 0.6 is 23.2 Å². The quantitative estimate of drug-likeness (QED) is 0.781. The van der Waals surface area contributed by atoms with Crippen molar-refractivity contribution in [1.82, 2.24) is 5.32 Å². The molecule has 0 spiro atoms. The highest BCUT2D eigenvalue weighted by molar-refractivity contribution is 7.92. The summed E-state index contributed by atoms with van der Waals surface area (Å²) in [4.78, 5) is 12.5. The van der Waals surface area contributed by atoms with Crippen LogP contribution in [-0.4, -0.2) is 26.6 Å². The van der Waals surface area contributed by atoms with Crippen LogP contribution in [0.4, 0.5) is 5.69 Å². The molecular weight excluding hydrogens is 395 g/mol. The van der Waals surface area contributed by atoms with Crippen molar-refractivity contribution < 1.29 is 13.2 Å². The molecule has 0 unspecified atom stereocenters. The number of sulfonamides is 1. The average molecular weight is 415 g/mol. The van der Waals surface area contributed by atoms with Gasteiger partial charge in [0, 0.05) is 16.6 Å². The van der Waals surface area contributed by atoms with E-state index in [-0.39, 0.29) is 15.7 Å². The van der Waals surface area contributed by atoms with Gasteiger partial charge in [0.1, 0.15) is 6.04 Å². The van der Waals surface area contributed by atoms with E-state index in [4.69, 9.17) is 23.2 Å². The summed E-state index contributed by atoms with van der Waals surface area (Å²) < 4.78 is 25.6. The van der Waals surface area contributed by atoms with E-state index < -0.39 is 22.0 Å². The van der Waals surface area contributed by atoms with Crippen molar-refractivity contribution in [3.63, 3.8) is 0 Å². The Morgan fingerprint density at radius 2 is 1.65 bits per heavy atom. The molecule has 1 N–H and O–H groups in total. The smallest absolute Gasteiger partial charge is 0.243 e. The fourth-order valence-corrected chi connectivity index (χ4v) is 4.19. The summed E-state index contributed by atoms with van der Waals surface area (Å²) in [5.74, 6) is -0.424. The van der Waals surface area contributed by atoms with Crippen LogP contribution in [0, 0.1) is 6.92 Å². The molecule has 2 rings (SSSR count). The van der Waals surface area contributed by atoms with Crippen molar-refractivity contribution >= 4 is 44.8 Å². The third kappa shape index (κ3) is 5.37.